The Labute approximate surface area is 105 Å². The molecule has 0 saturated carbocycles. The monoisotopic (exact) mass is 249 g/mol. The predicted octanol–water partition coefficient (Wildman–Crippen LogP) is 1.28. The molecule has 0 fully saturated rings. The van der Waals surface area contributed by atoms with Crippen molar-refractivity contribution >= 4 is 5.91 Å². The van der Waals surface area contributed by atoms with Crippen LogP contribution in [0, 0.1) is 0 Å². The Morgan fingerprint density at radius 2 is 2.39 bits per heavy atom. The van der Waals surface area contributed by atoms with Crippen LogP contribution in [-0.4, -0.2) is 32.8 Å². The van der Waals surface area contributed by atoms with Crippen LogP contribution in [0.5, 0.6) is 5.75 Å². The smallest absolute Gasteiger partial charge is 0.252 e. The summed E-state index contributed by atoms with van der Waals surface area (Å²) < 4.78 is 5.34. The van der Waals surface area contributed by atoms with Crippen LogP contribution >= 0.6 is 0 Å². The SMILES string of the molecule is CNCNC(=O)c1cccc(OCCN=[N+]=[N-])c1. The second-order valence-corrected chi connectivity index (χ2v) is 3.37. The van der Waals surface area contributed by atoms with Gasteiger partial charge in [-0.25, -0.2) is 0 Å². The van der Waals surface area contributed by atoms with Gasteiger partial charge >= 0.3 is 0 Å². The van der Waals surface area contributed by atoms with E-state index in [0.29, 0.717) is 18.0 Å². The number of carbonyl (C=O) groups excluding carboxylic acids is 1. The molecule has 0 aromatic heterocycles. The van der Waals surface area contributed by atoms with Gasteiger partial charge in [0.15, 0.2) is 0 Å². The first-order chi connectivity index (χ1) is 8.77. The first kappa shape index (κ1) is 13.8. The van der Waals surface area contributed by atoms with Gasteiger partial charge in [0, 0.05) is 10.5 Å². The number of amides is 1. The Kier molecular flexibility index (Phi) is 6.10. The lowest BCUT2D eigenvalue weighted by molar-refractivity contribution is 0.0951. The van der Waals surface area contributed by atoms with E-state index in [0.717, 1.165) is 0 Å². The van der Waals surface area contributed by atoms with Crippen LogP contribution < -0.4 is 15.4 Å². The molecule has 1 amide bonds. The summed E-state index contributed by atoms with van der Waals surface area (Å²) in [6.07, 6.45) is 0. The number of nitrogens with one attached hydrogen (secondary N) is 2. The van der Waals surface area contributed by atoms with Crippen LogP contribution in [0.4, 0.5) is 0 Å². The highest BCUT2D eigenvalue weighted by atomic mass is 16.5. The van der Waals surface area contributed by atoms with E-state index < -0.39 is 0 Å². The number of ether oxygens (including phenoxy) is 1. The molecule has 18 heavy (non-hydrogen) atoms. The molecule has 2 N–H and O–H groups in total. The fourth-order valence-corrected chi connectivity index (χ4v) is 1.25. The number of carbonyl (C=O) groups is 1. The van der Waals surface area contributed by atoms with Crippen LogP contribution in [0.1, 0.15) is 10.4 Å². The molecule has 1 aromatic rings. The molecule has 96 valence electrons. The topological polar surface area (TPSA) is 99.1 Å². The molecule has 7 heteroatoms. The van der Waals surface area contributed by atoms with E-state index in [4.69, 9.17) is 10.3 Å². The molecule has 0 aliphatic carbocycles. The van der Waals surface area contributed by atoms with E-state index >= 15 is 0 Å². The molecule has 0 bridgehead atoms. The van der Waals surface area contributed by atoms with Gasteiger partial charge in [0.05, 0.1) is 19.8 Å². The third kappa shape index (κ3) is 4.73. The number of nitrogens with zero attached hydrogens (tertiary/aromatic N) is 3. The van der Waals surface area contributed by atoms with Crippen LogP contribution in [0.2, 0.25) is 0 Å². The van der Waals surface area contributed by atoms with Gasteiger partial charge in [-0.15, -0.1) is 0 Å². The van der Waals surface area contributed by atoms with Crippen molar-refractivity contribution in [3.05, 3.63) is 40.3 Å². The second kappa shape index (κ2) is 7.94. The number of rotatable bonds is 7. The molecule has 0 aliphatic heterocycles. The maximum atomic E-state index is 11.7. The highest BCUT2D eigenvalue weighted by molar-refractivity contribution is 5.94. The zero-order chi connectivity index (χ0) is 13.2. The molecule has 0 spiro atoms. The molecule has 1 aromatic carbocycles. The average molecular weight is 249 g/mol. The van der Waals surface area contributed by atoms with E-state index in [-0.39, 0.29) is 19.1 Å². The molecule has 0 radical (unpaired) electrons. The van der Waals surface area contributed by atoms with Crippen molar-refractivity contribution in [1.82, 2.24) is 10.6 Å². The fraction of sp³-hybridized carbons (Fsp3) is 0.364. The molecule has 7 nitrogen and oxygen atoms in total. The Bertz CT molecular complexity index is 443. The summed E-state index contributed by atoms with van der Waals surface area (Å²) in [5.74, 6) is 0.394. The van der Waals surface area contributed by atoms with Gasteiger partial charge in [-0.3, -0.25) is 4.79 Å². The van der Waals surface area contributed by atoms with Gasteiger partial charge in [0.2, 0.25) is 0 Å². The van der Waals surface area contributed by atoms with E-state index in [9.17, 15) is 4.79 Å². The number of hydrogen-bond acceptors (Lipinski definition) is 4. The van der Waals surface area contributed by atoms with Crippen molar-refractivity contribution in [2.24, 2.45) is 5.11 Å². The fourth-order valence-electron chi connectivity index (χ4n) is 1.25. The van der Waals surface area contributed by atoms with Gasteiger partial charge in [-0.1, -0.05) is 11.2 Å². The van der Waals surface area contributed by atoms with Crippen molar-refractivity contribution in [3.63, 3.8) is 0 Å². The zero-order valence-electron chi connectivity index (χ0n) is 10.1. The van der Waals surface area contributed by atoms with E-state index in [1.165, 1.54) is 0 Å². The lowest BCUT2D eigenvalue weighted by Gasteiger charge is -2.07. The summed E-state index contributed by atoms with van der Waals surface area (Å²) in [5.41, 5.74) is 8.63. The highest BCUT2D eigenvalue weighted by Gasteiger charge is 2.05. The minimum atomic E-state index is -0.176. The van der Waals surface area contributed by atoms with Crippen molar-refractivity contribution in [2.45, 2.75) is 0 Å². The van der Waals surface area contributed by atoms with Gasteiger partial charge in [0.25, 0.3) is 5.91 Å². The minimum Gasteiger partial charge on any atom is -0.493 e. The van der Waals surface area contributed by atoms with Gasteiger partial charge < -0.3 is 15.4 Å². The first-order valence-electron chi connectivity index (χ1n) is 5.44. The second-order valence-electron chi connectivity index (χ2n) is 3.37. The van der Waals surface area contributed by atoms with E-state index in [2.05, 4.69) is 20.7 Å². The van der Waals surface area contributed by atoms with Crippen molar-refractivity contribution in [3.8, 4) is 5.75 Å². The number of hydrogen-bond donors (Lipinski definition) is 2. The first-order valence-corrected chi connectivity index (χ1v) is 5.44. The highest BCUT2D eigenvalue weighted by Crippen LogP contribution is 2.13. The van der Waals surface area contributed by atoms with E-state index in [1.807, 2.05) is 0 Å². The third-order valence-electron chi connectivity index (χ3n) is 2.05. The summed E-state index contributed by atoms with van der Waals surface area (Å²) in [6.45, 7) is 0.944. The zero-order valence-corrected chi connectivity index (χ0v) is 10.1. The summed E-state index contributed by atoms with van der Waals surface area (Å²) in [6, 6.07) is 6.81. The minimum absolute atomic E-state index is 0.176. The van der Waals surface area contributed by atoms with Crippen LogP contribution in [0.3, 0.4) is 0 Å². The van der Waals surface area contributed by atoms with Crippen LogP contribution in [-0.2, 0) is 0 Å². The Hall–Kier alpha value is -2.24. The summed E-state index contributed by atoms with van der Waals surface area (Å²) >= 11 is 0. The van der Waals surface area contributed by atoms with Crippen molar-refractivity contribution in [1.29, 1.82) is 0 Å². The third-order valence-corrected chi connectivity index (χ3v) is 2.05. The Morgan fingerprint density at radius 1 is 1.56 bits per heavy atom. The molecule has 0 aliphatic rings. The molecule has 0 unspecified atom stereocenters. The van der Waals surface area contributed by atoms with Crippen molar-refractivity contribution < 1.29 is 9.53 Å². The maximum Gasteiger partial charge on any atom is 0.252 e. The Morgan fingerprint density at radius 3 is 3.11 bits per heavy atom. The maximum absolute atomic E-state index is 11.7. The van der Waals surface area contributed by atoms with Crippen LogP contribution in [0.25, 0.3) is 10.4 Å². The van der Waals surface area contributed by atoms with Gasteiger partial charge in [0.1, 0.15) is 5.75 Å². The predicted molar refractivity (Wildman–Crippen MR) is 67.3 cm³/mol. The van der Waals surface area contributed by atoms with Crippen LogP contribution in [0.15, 0.2) is 29.4 Å². The lowest BCUT2D eigenvalue weighted by atomic mass is 10.2. The molecule has 1 rings (SSSR count). The van der Waals surface area contributed by atoms with Gasteiger partial charge in [-0.05, 0) is 30.8 Å². The van der Waals surface area contributed by atoms with Gasteiger partial charge in [-0.2, -0.15) is 0 Å². The van der Waals surface area contributed by atoms with E-state index in [1.54, 1.807) is 31.3 Å². The molecule has 0 heterocycles. The summed E-state index contributed by atoms with van der Waals surface area (Å²) in [4.78, 5) is 14.3. The normalized spacial score (nSPS) is 9.39. The summed E-state index contributed by atoms with van der Waals surface area (Å²) in [7, 11) is 1.75. The molecule has 0 saturated heterocycles. The lowest BCUT2D eigenvalue weighted by Crippen LogP contribution is -2.31. The Balaban J connectivity index is 2.55. The molecular weight excluding hydrogens is 234 g/mol. The summed E-state index contributed by atoms with van der Waals surface area (Å²) in [5, 5.41) is 8.85. The number of benzene rings is 1. The quantitative estimate of drug-likeness (QED) is 0.250. The van der Waals surface area contributed by atoms with Crippen molar-refractivity contribution in [2.75, 3.05) is 26.9 Å². The standard InChI is InChI=1S/C11H15N5O2/c1-13-8-14-11(17)9-3-2-4-10(7-9)18-6-5-15-16-12/h2-4,7,13H,5-6,8H2,1H3,(H,14,17). The largest absolute Gasteiger partial charge is 0.493 e. The molecular formula is C11H15N5O2. The number of azide groups is 1. The molecule has 0 atom stereocenters. The average Bonchev–Trinajstić information content (AvgIpc) is 2.41.